The fraction of sp³-hybridized carbons (Fsp3) is 1.00. The van der Waals surface area contributed by atoms with E-state index < -0.39 is 10.0 Å². The lowest BCUT2D eigenvalue weighted by Gasteiger charge is -2.28. The zero-order valence-corrected chi connectivity index (χ0v) is 11.9. The van der Waals surface area contributed by atoms with E-state index in [-0.39, 0.29) is 11.2 Å². The van der Waals surface area contributed by atoms with E-state index in [0.717, 1.165) is 32.3 Å². The molecule has 0 unspecified atom stereocenters. The molecule has 0 amide bonds. The molecule has 2 fully saturated rings. The first-order chi connectivity index (χ1) is 8.49. The Morgan fingerprint density at radius 2 is 1.72 bits per heavy atom. The van der Waals surface area contributed by atoms with Gasteiger partial charge in [-0.15, -0.1) is 0 Å². The SMILES string of the molecule is NS(=O)(=O)CC1(COCC2CCCC2)CCCC1. The maximum atomic E-state index is 11.3. The highest BCUT2D eigenvalue weighted by Gasteiger charge is 2.37. The van der Waals surface area contributed by atoms with Crippen molar-refractivity contribution in [1.82, 2.24) is 0 Å². The molecule has 0 saturated heterocycles. The standard InChI is InChI=1S/C13H25NO3S/c14-18(15,16)11-13(7-3-4-8-13)10-17-9-12-5-1-2-6-12/h12H,1-11H2,(H2,14,15,16). The highest BCUT2D eigenvalue weighted by molar-refractivity contribution is 7.89. The maximum Gasteiger partial charge on any atom is 0.209 e. The smallest absolute Gasteiger partial charge is 0.209 e. The minimum absolute atomic E-state index is 0.0880. The third-order valence-electron chi connectivity index (χ3n) is 4.41. The number of ether oxygens (including phenoxy) is 1. The molecule has 2 aliphatic rings. The van der Waals surface area contributed by atoms with Gasteiger partial charge in [-0.25, -0.2) is 13.6 Å². The first kappa shape index (κ1) is 14.3. The molecule has 0 aromatic carbocycles. The summed E-state index contributed by atoms with van der Waals surface area (Å²) in [6.45, 7) is 1.37. The van der Waals surface area contributed by atoms with Crippen LogP contribution in [0.1, 0.15) is 51.4 Å². The van der Waals surface area contributed by atoms with Gasteiger partial charge in [0.05, 0.1) is 12.4 Å². The minimum atomic E-state index is -3.40. The number of primary sulfonamides is 1. The van der Waals surface area contributed by atoms with Crippen LogP contribution in [0.25, 0.3) is 0 Å². The van der Waals surface area contributed by atoms with Crippen molar-refractivity contribution in [2.24, 2.45) is 16.5 Å². The van der Waals surface area contributed by atoms with Crippen LogP contribution < -0.4 is 5.14 Å². The predicted octanol–water partition coefficient (Wildman–Crippen LogP) is 2.04. The van der Waals surface area contributed by atoms with Gasteiger partial charge < -0.3 is 4.74 Å². The molecule has 2 aliphatic carbocycles. The fourth-order valence-corrected chi connectivity index (χ4v) is 4.73. The van der Waals surface area contributed by atoms with Crippen LogP contribution in [0, 0.1) is 11.3 Å². The van der Waals surface area contributed by atoms with Crippen LogP contribution >= 0.6 is 0 Å². The summed E-state index contributed by atoms with van der Waals surface area (Å²) in [5.74, 6) is 0.780. The van der Waals surface area contributed by atoms with Gasteiger partial charge in [0.2, 0.25) is 10.0 Å². The summed E-state index contributed by atoms with van der Waals surface area (Å²) < 4.78 is 28.5. The van der Waals surface area contributed by atoms with Crippen LogP contribution in [-0.2, 0) is 14.8 Å². The zero-order valence-electron chi connectivity index (χ0n) is 11.1. The van der Waals surface area contributed by atoms with Gasteiger partial charge in [0, 0.05) is 12.0 Å². The molecule has 0 bridgehead atoms. The molecule has 0 aromatic rings. The lowest BCUT2D eigenvalue weighted by Crippen LogP contribution is -2.35. The second-order valence-corrected chi connectivity index (χ2v) is 7.79. The Balaban J connectivity index is 1.82. The topological polar surface area (TPSA) is 69.4 Å². The van der Waals surface area contributed by atoms with Gasteiger partial charge in [0.25, 0.3) is 0 Å². The third-order valence-corrected chi connectivity index (χ3v) is 5.42. The molecule has 2 N–H and O–H groups in total. The van der Waals surface area contributed by atoms with Crippen molar-refractivity contribution < 1.29 is 13.2 Å². The molecule has 5 heteroatoms. The summed E-state index contributed by atoms with van der Waals surface area (Å²) >= 11 is 0. The van der Waals surface area contributed by atoms with Crippen LogP contribution in [-0.4, -0.2) is 27.4 Å². The van der Waals surface area contributed by atoms with E-state index in [1.807, 2.05) is 0 Å². The second kappa shape index (κ2) is 5.88. The zero-order chi connectivity index (χ0) is 13.1. The number of hydrogen-bond acceptors (Lipinski definition) is 3. The van der Waals surface area contributed by atoms with Crippen molar-refractivity contribution in [2.45, 2.75) is 51.4 Å². The van der Waals surface area contributed by atoms with E-state index in [2.05, 4.69) is 0 Å². The molecule has 2 rings (SSSR count). The Hall–Kier alpha value is -0.130. The van der Waals surface area contributed by atoms with Gasteiger partial charge in [-0.05, 0) is 31.6 Å². The molecule has 0 aromatic heterocycles. The van der Waals surface area contributed by atoms with Crippen LogP contribution in [0.4, 0.5) is 0 Å². The van der Waals surface area contributed by atoms with Crippen molar-refractivity contribution in [3.63, 3.8) is 0 Å². The monoisotopic (exact) mass is 275 g/mol. The second-order valence-electron chi connectivity index (χ2n) is 6.18. The van der Waals surface area contributed by atoms with E-state index in [1.54, 1.807) is 0 Å². The molecular weight excluding hydrogens is 250 g/mol. The molecule has 18 heavy (non-hydrogen) atoms. The van der Waals surface area contributed by atoms with E-state index in [1.165, 1.54) is 25.7 Å². The minimum Gasteiger partial charge on any atom is -0.381 e. The number of sulfonamides is 1. The van der Waals surface area contributed by atoms with Crippen LogP contribution in [0.3, 0.4) is 0 Å². The molecular formula is C13H25NO3S. The van der Waals surface area contributed by atoms with Gasteiger partial charge in [0.15, 0.2) is 0 Å². The van der Waals surface area contributed by atoms with Crippen LogP contribution in [0.5, 0.6) is 0 Å². The van der Waals surface area contributed by atoms with Gasteiger partial charge in [-0.2, -0.15) is 0 Å². The van der Waals surface area contributed by atoms with Crippen molar-refractivity contribution in [1.29, 1.82) is 0 Å². The summed E-state index contributed by atoms with van der Waals surface area (Å²) in [7, 11) is -3.40. The predicted molar refractivity (Wildman–Crippen MR) is 71.7 cm³/mol. The molecule has 0 aliphatic heterocycles. The summed E-state index contributed by atoms with van der Waals surface area (Å²) in [6, 6.07) is 0. The average Bonchev–Trinajstić information content (AvgIpc) is 2.87. The highest BCUT2D eigenvalue weighted by Crippen LogP contribution is 2.39. The van der Waals surface area contributed by atoms with Gasteiger partial charge in [0.1, 0.15) is 0 Å². The lowest BCUT2D eigenvalue weighted by atomic mass is 9.90. The molecule has 4 nitrogen and oxygen atoms in total. The Bertz CT molecular complexity index is 354. The lowest BCUT2D eigenvalue weighted by molar-refractivity contribution is 0.0378. The maximum absolute atomic E-state index is 11.3. The Labute approximate surface area is 110 Å². The molecule has 0 heterocycles. The number of hydrogen-bond donors (Lipinski definition) is 1. The van der Waals surface area contributed by atoms with E-state index in [0.29, 0.717) is 12.5 Å². The van der Waals surface area contributed by atoms with Crippen molar-refractivity contribution in [3.8, 4) is 0 Å². The Kier molecular flexibility index (Phi) is 4.67. The van der Waals surface area contributed by atoms with Gasteiger partial charge >= 0.3 is 0 Å². The average molecular weight is 275 g/mol. The molecule has 0 atom stereocenters. The third kappa shape index (κ3) is 4.21. The summed E-state index contributed by atoms with van der Waals surface area (Å²) in [4.78, 5) is 0. The normalized spacial score (nSPS) is 24.7. The number of rotatable bonds is 6. The number of nitrogens with two attached hydrogens (primary N) is 1. The summed E-state index contributed by atoms with van der Waals surface area (Å²) in [5, 5.41) is 5.21. The summed E-state index contributed by atoms with van der Waals surface area (Å²) in [6.07, 6.45) is 9.24. The van der Waals surface area contributed by atoms with E-state index in [9.17, 15) is 8.42 Å². The van der Waals surface area contributed by atoms with Crippen molar-refractivity contribution >= 4 is 10.0 Å². The van der Waals surface area contributed by atoms with Gasteiger partial charge in [-0.3, -0.25) is 0 Å². The van der Waals surface area contributed by atoms with Gasteiger partial charge in [-0.1, -0.05) is 25.7 Å². The van der Waals surface area contributed by atoms with E-state index >= 15 is 0 Å². The van der Waals surface area contributed by atoms with Crippen LogP contribution in [0.15, 0.2) is 0 Å². The molecule has 0 spiro atoms. The quantitative estimate of drug-likeness (QED) is 0.806. The first-order valence-electron chi connectivity index (χ1n) is 7.07. The summed E-state index contributed by atoms with van der Waals surface area (Å²) in [5.41, 5.74) is -0.202. The Morgan fingerprint density at radius 3 is 2.28 bits per heavy atom. The van der Waals surface area contributed by atoms with Crippen LogP contribution in [0.2, 0.25) is 0 Å². The van der Waals surface area contributed by atoms with Crippen molar-refractivity contribution in [2.75, 3.05) is 19.0 Å². The fourth-order valence-electron chi connectivity index (χ4n) is 3.50. The molecule has 0 radical (unpaired) electrons. The molecule has 2 saturated carbocycles. The van der Waals surface area contributed by atoms with Crippen molar-refractivity contribution in [3.05, 3.63) is 0 Å². The Morgan fingerprint density at radius 1 is 1.11 bits per heavy atom. The van der Waals surface area contributed by atoms with E-state index in [4.69, 9.17) is 9.88 Å². The molecule has 106 valence electrons. The first-order valence-corrected chi connectivity index (χ1v) is 8.79. The largest absolute Gasteiger partial charge is 0.381 e. The highest BCUT2D eigenvalue weighted by atomic mass is 32.2.